The molecule has 0 saturated heterocycles. The van der Waals surface area contributed by atoms with E-state index in [0.717, 1.165) is 29.4 Å². The Balaban J connectivity index is 2.15. The molecule has 0 aliphatic carbocycles. The maximum absolute atomic E-state index is 12.7. The van der Waals surface area contributed by atoms with Crippen LogP contribution in [0.1, 0.15) is 12.6 Å². The van der Waals surface area contributed by atoms with Gasteiger partial charge in [0.2, 0.25) is 0 Å². The van der Waals surface area contributed by atoms with Crippen LogP contribution in [0.4, 0.5) is 4.39 Å². The highest BCUT2D eigenvalue weighted by Gasteiger charge is 2.04. The quantitative estimate of drug-likeness (QED) is 0.882. The molecule has 0 radical (unpaired) electrons. The molecule has 16 heavy (non-hydrogen) atoms. The molecule has 0 amide bonds. The lowest BCUT2D eigenvalue weighted by molar-refractivity contribution is 0.628. The maximum Gasteiger partial charge on any atom is 0.123 e. The second-order valence-corrected chi connectivity index (χ2v) is 4.29. The largest absolute Gasteiger partial charge is 0.311 e. The number of rotatable bonds is 4. The van der Waals surface area contributed by atoms with Crippen LogP contribution in [0.3, 0.4) is 0 Å². The van der Waals surface area contributed by atoms with Gasteiger partial charge in [0.15, 0.2) is 0 Å². The Morgan fingerprint density at radius 2 is 2.06 bits per heavy atom. The fraction of sp³-hybridized carbons (Fsp3) is 0.250. The van der Waals surface area contributed by atoms with Crippen LogP contribution in [0.5, 0.6) is 0 Å². The van der Waals surface area contributed by atoms with E-state index >= 15 is 0 Å². The zero-order chi connectivity index (χ0) is 11.4. The van der Waals surface area contributed by atoms with Crippen molar-refractivity contribution in [3.63, 3.8) is 0 Å². The van der Waals surface area contributed by atoms with Crippen molar-refractivity contribution in [3.05, 3.63) is 41.2 Å². The van der Waals surface area contributed by atoms with Crippen LogP contribution < -0.4 is 5.32 Å². The summed E-state index contributed by atoms with van der Waals surface area (Å²) >= 11 is 1.59. The summed E-state index contributed by atoms with van der Waals surface area (Å²) in [6.45, 7) is 3.78. The molecule has 0 fully saturated rings. The van der Waals surface area contributed by atoms with Gasteiger partial charge in [-0.15, -0.1) is 11.3 Å². The molecule has 1 aromatic carbocycles. The highest BCUT2D eigenvalue weighted by atomic mass is 32.1. The van der Waals surface area contributed by atoms with Gasteiger partial charge >= 0.3 is 0 Å². The fourth-order valence-electron chi connectivity index (χ4n) is 1.37. The number of nitrogens with zero attached hydrogens (tertiary/aromatic N) is 1. The number of nitrogens with one attached hydrogen (secondary N) is 1. The minimum atomic E-state index is -0.215. The standard InChI is InChI=1S/C12H13FN2S/c1-2-14-7-11-8-16-12(15-11)9-3-5-10(13)6-4-9/h3-6,8,14H,2,7H2,1H3. The Bertz CT molecular complexity index is 450. The first-order valence-electron chi connectivity index (χ1n) is 5.20. The smallest absolute Gasteiger partial charge is 0.123 e. The number of hydrogen-bond donors (Lipinski definition) is 1. The van der Waals surface area contributed by atoms with E-state index in [1.54, 1.807) is 23.5 Å². The van der Waals surface area contributed by atoms with E-state index in [9.17, 15) is 4.39 Å². The van der Waals surface area contributed by atoms with Gasteiger partial charge in [0.05, 0.1) is 5.69 Å². The molecule has 1 aromatic heterocycles. The minimum Gasteiger partial charge on any atom is -0.311 e. The lowest BCUT2D eigenvalue weighted by Gasteiger charge is -1.97. The summed E-state index contributed by atoms with van der Waals surface area (Å²) in [6.07, 6.45) is 0. The van der Waals surface area contributed by atoms with Gasteiger partial charge in [-0.2, -0.15) is 0 Å². The molecule has 0 atom stereocenters. The van der Waals surface area contributed by atoms with E-state index < -0.39 is 0 Å². The zero-order valence-corrected chi connectivity index (χ0v) is 9.85. The van der Waals surface area contributed by atoms with Crippen LogP contribution >= 0.6 is 11.3 Å². The summed E-state index contributed by atoms with van der Waals surface area (Å²) < 4.78 is 12.7. The molecule has 0 aliphatic heterocycles. The number of halogens is 1. The third kappa shape index (κ3) is 2.65. The van der Waals surface area contributed by atoms with E-state index in [4.69, 9.17) is 0 Å². The van der Waals surface area contributed by atoms with Crippen molar-refractivity contribution in [1.82, 2.24) is 10.3 Å². The van der Waals surface area contributed by atoms with Gasteiger partial charge in [-0.1, -0.05) is 6.92 Å². The summed E-state index contributed by atoms with van der Waals surface area (Å²) in [7, 11) is 0. The number of benzene rings is 1. The molecule has 0 spiro atoms. The van der Waals surface area contributed by atoms with Gasteiger partial charge in [0.1, 0.15) is 10.8 Å². The molecule has 0 bridgehead atoms. The van der Waals surface area contributed by atoms with Crippen molar-refractivity contribution in [2.24, 2.45) is 0 Å². The van der Waals surface area contributed by atoms with Gasteiger partial charge < -0.3 is 5.32 Å². The first-order chi connectivity index (χ1) is 7.79. The van der Waals surface area contributed by atoms with E-state index in [2.05, 4.69) is 17.2 Å². The zero-order valence-electron chi connectivity index (χ0n) is 9.03. The summed E-state index contributed by atoms with van der Waals surface area (Å²) in [5.74, 6) is -0.215. The normalized spacial score (nSPS) is 10.6. The van der Waals surface area contributed by atoms with Crippen LogP contribution in [0, 0.1) is 5.82 Å². The Kier molecular flexibility index (Phi) is 3.64. The van der Waals surface area contributed by atoms with Crippen LogP contribution in [-0.2, 0) is 6.54 Å². The van der Waals surface area contributed by atoms with Crippen LogP contribution in [-0.4, -0.2) is 11.5 Å². The van der Waals surface area contributed by atoms with Crippen molar-refractivity contribution in [3.8, 4) is 10.6 Å². The molecule has 0 unspecified atom stereocenters. The molecule has 0 aliphatic rings. The Labute approximate surface area is 98.2 Å². The third-order valence-corrected chi connectivity index (χ3v) is 3.14. The first kappa shape index (κ1) is 11.2. The van der Waals surface area contributed by atoms with Crippen LogP contribution in [0.15, 0.2) is 29.6 Å². The highest BCUT2D eigenvalue weighted by molar-refractivity contribution is 7.13. The second-order valence-electron chi connectivity index (χ2n) is 3.43. The summed E-state index contributed by atoms with van der Waals surface area (Å²) in [6, 6.07) is 6.43. The minimum absolute atomic E-state index is 0.215. The highest BCUT2D eigenvalue weighted by Crippen LogP contribution is 2.23. The van der Waals surface area contributed by atoms with Gasteiger partial charge in [-0.05, 0) is 30.8 Å². The lowest BCUT2D eigenvalue weighted by Crippen LogP contribution is -2.11. The average molecular weight is 236 g/mol. The van der Waals surface area contributed by atoms with E-state index in [1.807, 2.05) is 5.38 Å². The van der Waals surface area contributed by atoms with Crippen molar-refractivity contribution in [2.45, 2.75) is 13.5 Å². The van der Waals surface area contributed by atoms with Gasteiger partial charge in [0, 0.05) is 17.5 Å². The van der Waals surface area contributed by atoms with Crippen molar-refractivity contribution in [1.29, 1.82) is 0 Å². The topological polar surface area (TPSA) is 24.9 Å². The van der Waals surface area contributed by atoms with Crippen LogP contribution in [0.25, 0.3) is 10.6 Å². The van der Waals surface area contributed by atoms with Crippen molar-refractivity contribution < 1.29 is 4.39 Å². The summed E-state index contributed by atoms with van der Waals surface area (Å²) in [5.41, 5.74) is 2.00. The van der Waals surface area contributed by atoms with Crippen molar-refractivity contribution in [2.75, 3.05) is 6.54 Å². The monoisotopic (exact) mass is 236 g/mol. The maximum atomic E-state index is 12.7. The molecule has 1 N–H and O–H groups in total. The Hall–Kier alpha value is -1.26. The molecular formula is C12H13FN2S. The number of aromatic nitrogens is 1. The van der Waals surface area contributed by atoms with E-state index in [-0.39, 0.29) is 5.82 Å². The molecule has 1 heterocycles. The molecule has 84 valence electrons. The predicted molar refractivity (Wildman–Crippen MR) is 64.9 cm³/mol. The predicted octanol–water partition coefficient (Wildman–Crippen LogP) is 3.06. The average Bonchev–Trinajstić information content (AvgIpc) is 2.76. The summed E-state index contributed by atoms with van der Waals surface area (Å²) in [4.78, 5) is 4.48. The van der Waals surface area contributed by atoms with Crippen LogP contribution in [0.2, 0.25) is 0 Å². The van der Waals surface area contributed by atoms with Gasteiger partial charge in [0.25, 0.3) is 0 Å². The van der Waals surface area contributed by atoms with E-state index in [1.165, 1.54) is 12.1 Å². The first-order valence-corrected chi connectivity index (χ1v) is 6.08. The van der Waals surface area contributed by atoms with E-state index in [0.29, 0.717) is 0 Å². The van der Waals surface area contributed by atoms with Gasteiger partial charge in [-0.25, -0.2) is 9.37 Å². The van der Waals surface area contributed by atoms with Gasteiger partial charge in [-0.3, -0.25) is 0 Å². The lowest BCUT2D eigenvalue weighted by atomic mass is 10.2. The molecule has 0 saturated carbocycles. The molecule has 2 nitrogen and oxygen atoms in total. The SMILES string of the molecule is CCNCc1csc(-c2ccc(F)cc2)n1. The second kappa shape index (κ2) is 5.18. The molecular weight excluding hydrogens is 223 g/mol. The Morgan fingerprint density at radius 1 is 1.31 bits per heavy atom. The van der Waals surface area contributed by atoms with Crippen molar-refractivity contribution >= 4 is 11.3 Å². The molecule has 2 aromatic rings. The molecule has 4 heteroatoms. The Morgan fingerprint density at radius 3 is 2.75 bits per heavy atom. The number of thiazole rings is 1. The summed E-state index contributed by atoms with van der Waals surface area (Å²) in [5, 5.41) is 6.19. The molecule has 2 rings (SSSR count). The number of hydrogen-bond acceptors (Lipinski definition) is 3. The fourth-order valence-corrected chi connectivity index (χ4v) is 2.19. The third-order valence-electron chi connectivity index (χ3n) is 2.20.